The summed E-state index contributed by atoms with van der Waals surface area (Å²) in [6.07, 6.45) is -0.00288. The van der Waals surface area contributed by atoms with Crippen molar-refractivity contribution in [2.45, 2.75) is 12.0 Å². The van der Waals surface area contributed by atoms with Crippen LogP contribution in [0.15, 0.2) is 30.3 Å². The van der Waals surface area contributed by atoms with Crippen molar-refractivity contribution in [3.05, 3.63) is 41.5 Å². The average molecular weight is 360 g/mol. The molecular formula is C19H20O7. The Morgan fingerprint density at radius 2 is 1.81 bits per heavy atom. The lowest BCUT2D eigenvalue weighted by Gasteiger charge is -2.32. The average Bonchev–Trinajstić information content (AvgIpc) is 2.64. The molecule has 0 saturated carbocycles. The van der Waals surface area contributed by atoms with Crippen LogP contribution in [0.3, 0.4) is 0 Å². The lowest BCUT2D eigenvalue weighted by Crippen LogP contribution is -2.49. The number of aliphatic hydroxyl groups is 1. The predicted molar refractivity (Wildman–Crippen MR) is 92.7 cm³/mol. The number of hydrogen-bond acceptors (Lipinski definition) is 7. The number of phenols is 1. The molecule has 7 nitrogen and oxygen atoms in total. The number of phenolic OH excluding ortho intramolecular Hbond substituents is 1. The van der Waals surface area contributed by atoms with E-state index < -0.39 is 11.4 Å². The highest BCUT2D eigenvalue weighted by Crippen LogP contribution is 2.40. The molecule has 2 aromatic carbocycles. The minimum absolute atomic E-state index is 0.00288. The van der Waals surface area contributed by atoms with Crippen molar-refractivity contribution >= 4 is 5.78 Å². The van der Waals surface area contributed by atoms with Crippen molar-refractivity contribution in [1.29, 1.82) is 0 Å². The highest BCUT2D eigenvalue weighted by Gasteiger charge is 2.44. The molecule has 0 aliphatic carbocycles. The molecule has 7 heteroatoms. The third kappa shape index (κ3) is 3.01. The maximum Gasteiger partial charge on any atom is 0.205 e. The van der Waals surface area contributed by atoms with Crippen molar-refractivity contribution in [3.8, 4) is 28.7 Å². The predicted octanol–water partition coefficient (Wildman–Crippen LogP) is 1.97. The van der Waals surface area contributed by atoms with Gasteiger partial charge in [0.25, 0.3) is 0 Å². The first kappa shape index (κ1) is 17.9. The lowest BCUT2D eigenvalue weighted by atomic mass is 9.85. The Kier molecular flexibility index (Phi) is 4.65. The van der Waals surface area contributed by atoms with Gasteiger partial charge in [-0.1, -0.05) is 6.07 Å². The normalized spacial score (nSPS) is 18.7. The van der Waals surface area contributed by atoms with Crippen LogP contribution >= 0.6 is 0 Å². The second-order valence-electron chi connectivity index (χ2n) is 6.04. The number of carbonyl (C=O) groups is 1. The minimum Gasteiger partial charge on any atom is -0.507 e. The molecule has 3 rings (SSSR count). The number of ketones is 1. The summed E-state index contributed by atoms with van der Waals surface area (Å²) in [4.78, 5) is 12.9. The molecule has 0 radical (unpaired) electrons. The fourth-order valence-electron chi connectivity index (χ4n) is 2.99. The van der Waals surface area contributed by atoms with E-state index in [2.05, 4.69) is 0 Å². The number of Topliss-reactive ketones (excluding diaryl/α,β-unsaturated/α-hetero) is 1. The standard InChI is InChI=1S/C19H20O7/c1-23-12-7-13(20)17-16(8-12)26-10-19(22,18(17)21)9-11-4-5-14(24-2)15(6-11)25-3/h4-8,20,22H,9-10H2,1-3H3. The zero-order valence-electron chi connectivity index (χ0n) is 14.7. The summed E-state index contributed by atoms with van der Waals surface area (Å²) < 4.78 is 21.0. The maximum atomic E-state index is 12.9. The summed E-state index contributed by atoms with van der Waals surface area (Å²) in [6, 6.07) is 7.93. The zero-order chi connectivity index (χ0) is 18.9. The van der Waals surface area contributed by atoms with Crippen LogP contribution < -0.4 is 18.9 Å². The minimum atomic E-state index is -1.81. The Morgan fingerprint density at radius 1 is 1.08 bits per heavy atom. The summed E-state index contributed by atoms with van der Waals surface area (Å²) >= 11 is 0. The maximum absolute atomic E-state index is 12.9. The molecule has 0 bridgehead atoms. The number of methoxy groups -OCH3 is 3. The number of aromatic hydroxyl groups is 1. The van der Waals surface area contributed by atoms with Gasteiger partial charge in [-0.05, 0) is 17.7 Å². The summed E-state index contributed by atoms with van der Waals surface area (Å²) in [5.41, 5.74) is -1.20. The van der Waals surface area contributed by atoms with E-state index >= 15 is 0 Å². The Labute approximate surface area is 150 Å². The van der Waals surface area contributed by atoms with Crippen LogP contribution in [0.4, 0.5) is 0 Å². The van der Waals surface area contributed by atoms with Gasteiger partial charge in [-0.3, -0.25) is 4.79 Å². The fraction of sp³-hybridized carbons (Fsp3) is 0.316. The van der Waals surface area contributed by atoms with Gasteiger partial charge in [-0.25, -0.2) is 0 Å². The van der Waals surface area contributed by atoms with Crippen LogP contribution in [0.2, 0.25) is 0 Å². The van der Waals surface area contributed by atoms with E-state index in [0.29, 0.717) is 22.8 Å². The molecule has 138 valence electrons. The SMILES string of the molecule is COc1cc(O)c2c(c1)OCC(O)(Cc1ccc(OC)c(OC)c1)C2=O. The van der Waals surface area contributed by atoms with Gasteiger partial charge in [-0.15, -0.1) is 0 Å². The second kappa shape index (κ2) is 6.76. The molecule has 1 aliphatic rings. The first-order chi connectivity index (χ1) is 12.4. The quantitative estimate of drug-likeness (QED) is 0.842. The van der Waals surface area contributed by atoms with Crippen molar-refractivity contribution < 1.29 is 34.0 Å². The Morgan fingerprint density at radius 3 is 2.46 bits per heavy atom. The number of rotatable bonds is 5. The number of carbonyl (C=O) groups excluding carboxylic acids is 1. The van der Waals surface area contributed by atoms with E-state index in [4.69, 9.17) is 18.9 Å². The highest BCUT2D eigenvalue weighted by molar-refractivity contribution is 6.08. The number of ether oxygens (including phenoxy) is 4. The topological polar surface area (TPSA) is 94.5 Å². The Hall–Kier alpha value is -2.93. The summed E-state index contributed by atoms with van der Waals surface area (Å²) in [6.45, 7) is -0.236. The van der Waals surface area contributed by atoms with Gasteiger partial charge >= 0.3 is 0 Å². The third-order valence-electron chi connectivity index (χ3n) is 4.35. The van der Waals surface area contributed by atoms with Crippen molar-refractivity contribution in [2.24, 2.45) is 0 Å². The molecule has 0 saturated heterocycles. The fourth-order valence-corrected chi connectivity index (χ4v) is 2.99. The highest BCUT2D eigenvalue weighted by atomic mass is 16.5. The van der Waals surface area contributed by atoms with Gasteiger partial charge in [-0.2, -0.15) is 0 Å². The van der Waals surface area contributed by atoms with E-state index in [1.807, 2.05) is 0 Å². The Bertz CT molecular complexity index is 846. The van der Waals surface area contributed by atoms with E-state index in [-0.39, 0.29) is 30.1 Å². The van der Waals surface area contributed by atoms with E-state index in [9.17, 15) is 15.0 Å². The molecule has 2 aromatic rings. The van der Waals surface area contributed by atoms with Gasteiger partial charge in [0, 0.05) is 18.6 Å². The monoisotopic (exact) mass is 360 g/mol. The second-order valence-corrected chi connectivity index (χ2v) is 6.04. The molecule has 1 aliphatic heterocycles. The molecular weight excluding hydrogens is 340 g/mol. The number of fused-ring (bicyclic) bond motifs is 1. The zero-order valence-corrected chi connectivity index (χ0v) is 14.7. The molecule has 0 aromatic heterocycles. The number of hydrogen-bond donors (Lipinski definition) is 2. The first-order valence-electron chi connectivity index (χ1n) is 7.93. The first-order valence-corrected chi connectivity index (χ1v) is 7.93. The van der Waals surface area contributed by atoms with Crippen LogP contribution in [0.5, 0.6) is 28.7 Å². The molecule has 26 heavy (non-hydrogen) atoms. The smallest absolute Gasteiger partial charge is 0.205 e. The molecule has 0 spiro atoms. The van der Waals surface area contributed by atoms with Crippen LogP contribution in [-0.2, 0) is 6.42 Å². The van der Waals surface area contributed by atoms with Gasteiger partial charge in [0.05, 0.1) is 21.3 Å². The lowest BCUT2D eigenvalue weighted by molar-refractivity contribution is -0.00242. The van der Waals surface area contributed by atoms with Crippen molar-refractivity contribution in [1.82, 2.24) is 0 Å². The molecule has 0 fully saturated rings. The van der Waals surface area contributed by atoms with Crippen molar-refractivity contribution in [2.75, 3.05) is 27.9 Å². The molecule has 0 amide bonds. The largest absolute Gasteiger partial charge is 0.507 e. The van der Waals surface area contributed by atoms with Gasteiger partial charge in [0.2, 0.25) is 5.78 Å². The third-order valence-corrected chi connectivity index (χ3v) is 4.35. The summed E-state index contributed by atoms with van der Waals surface area (Å²) in [5.74, 6) is 0.682. The van der Waals surface area contributed by atoms with Gasteiger partial charge < -0.3 is 29.2 Å². The van der Waals surface area contributed by atoms with Crippen LogP contribution in [0, 0.1) is 0 Å². The van der Waals surface area contributed by atoms with Crippen LogP contribution in [0.25, 0.3) is 0 Å². The van der Waals surface area contributed by atoms with Gasteiger partial charge in [0.15, 0.2) is 17.1 Å². The summed E-state index contributed by atoms with van der Waals surface area (Å²) in [5, 5.41) is 21.1. The molecule has 2 N–H and O–H groups in total. The molecule has 1 atom stereocenters. The summed E-state index contributed by atoms with van der Waals surface area (Å²) in [7, 11) is 4.48. The van der Waals surface area contributed by atoms with E-state index in [1.165, 1.54) is 33.5 Å². The van der Waals surface area contributed by atoms with Crippen LogP contribution in [-0.4, -0.2) is 49.5 Å². The van der Waals surface area contributed by atoms with E-state index in [0.717, 1.165) is 0 Å². The van der Waals surface area contributed by atoms with Gasteiger partial charge in [0.1, 0.15) is 29.4 Å². The number of benzene rings is 2. The van der Waals surface area contributed by atoms with Crippen molar-refractivity contribution in [3.63, 3.8) is 0 Å². The molecule has 1 heterocycles. The van der Waals surface area contributed by atoms with Crippen LogP contribution in [0.1, 0.15) is 15.9 Å². The Balaban J connectivity index is 1.93. The molecule has 1 unspecified atom stereocenters. The van der Waals surface area contributed by atoms with E-state index in [1.54, 1.807) is 18.2 Å².